The van der Waals surface area contributed by atoms with E-state index in [1.807, 2.05) is 24.3 Å². The highest BCUT2D eigenvalue weighted by atomic mass is 79.9. The predicted octanol–water partition coefficient (Wildman–Crippen LogP) is 3.58. The van der Waals surface area contributed by atoms with Gasteiger partial charge in [0.2, 0.25) is 5.82 Å². The normalized spacial score (nSPS) is 10.6. The molecule has 8 heteroatoms. The zero-order valence-electron chi connectivity index (χ0n) is 12.2. The van der Waals surface area contributed by atoms with Gasteiger partial charge < -0.3 is 15.0 Å². The van der Waals surface area contributed by atoms with Gasteiger partial charge in [0.15, 0.2) is 6.61 Å². The number of aromatic nitrogens is 2. The van der Waals surface area contributed by atoms with E-state index in [4.69, 9.17) is 15.0 Å². The summed E-state index contributed by atoms with van der Waals surface area (Å²) in [6.45, 7) is -0.212. The summed E-state index contributed by atoms with van der Waals surface area (Å²) in [5.74, 6) is -0.711. The lowest BCUT2D eigenvalue weighted by Gasteiger charge is -2.04. The van der Waals surface area contributed by atoms with Crippen LogP contribution >= 0.6 is 15.9 Å². The molecule has 0 unspecified atom stereocenters. The Morgan fingerprint density at radius 3 is 2.88 bits per heavy atom. The molecule has 2 N–H and O–H groups in total. The standard InChI is InChI=1S/C16H11BrFN3O3/c17-10-3-1-2-9(6-10)15-20-14(24-21-15)8-23-16(22)12-5-4-11(18)7-13(12)19/h1-7H,8,19H2. The van der Waals surface area contributed by atoms with Crippen LogP contribution < -0.4 is 5.73 Å². The zero-order valence-corrected chi connectivity index (χ0v) is 13.8. The van der Waals surface area contributed by atoms with E-state index >= 15 is 0 Å². The maximum Gasteiger partial charge on any atom is 0.340 e. The predicted molar refractivity (Wildman–Crippen MR) is 87.4 cm³/mol. The number of nitrogen functional groups attached to an aromatic ring is 1. The number of nitrogens with zero attached hydrogens (tertiary/aromatic N) is 2. The summed E-state index contributed by atoms with van der Waals surface area (Å²) in [7, 11) is 0. The number of esters is 1. The summed E-state index contributed by atoms with van der Waals surface area (Å²) in [4.78, 5) is 16.1. The van der Waals surface area contributed by atoms with Crippen LogP contribution in [0.15, 0.2) is 51.5 Å². The number of hydrogen-bond donors (Lipinski definition) is 1. The molecule has 6 nitrogen and oxygen atoms in total. The number of nitrogens with two attached hydrogens (primary N) is 1. The number of carbonyl (C=O) groups is 1. The molecule has 0 fully saturated rings. The minimum atomic E-state index is -0.699. The number of anilines is 1. The third-order valence-corrected chi connectivity index (χ3v) is 3.60. The Kier molecular flexibility index (Phi) is 4.57. The summed E-state index contributed by atoms with van der Waals surface area (Å²) in [6.07, 6.45) is 0. The van der Waals surface area contributed by atoms with Gasteiger partial charge in [-0.15, -0.1) is 0 Å². The average Bonchev–Trinajstić information content (AvgIpc) is 3.01. The first-order chi connectivity index (χ1) is 11.5. The largest absolute Gasteiger partial charge is 0.452 e. The van der Waals surface area contributed by atoms with Gasteiger partial charge in [0, 0.05) is 15.7 Å². The first-order valence-electron chi connectivity index (χ1n) is 6.83. The Bertz CT molecular complexity index is 898. The molecule has 0 bridgehead atoms. The van der Waals surface area contributed by atoms with Crippen molar-refractivity contribution in [1.29, 1.82) is 0 Å². The van der Waals surface area contributed by atoms with E-state index in [9.17, 15) is 9.18 Å². The molecule has 0 aliphatic heterocycles. The van der Waals surface area contributed by atoms with Crippen LogP contribution in [-0.2, 0) is 11.3 Å². The highest BCUT2D eigenvalue weighted by molar-refractivity contribution is 9.10. The summed E-state index contributed by atoms with van der Waals surface area (Å²) < 4.78 is 24.0. The molecule has 3 rings (SSSR count). The minimum Gasteiger partial charge on any atom is -0.452 e. The van der Waals surface area contributed by atoms with Crippen molar-refractivity contribution in [3.63, 3.8) is 0 Å². The van der Waals surface area contributed by atoms with Gasteiger partial charge in [0.05, 0.1) is 5.56 Å². The molecule has 1 heterocycles. The molecule has 24 heavy (non-hydrogen) atoms. The molecule has 0 spiro atoms. The maximum absolute atomic E-state index is 13.0. The van der Waals surface area contributed by atoms with Crippen molar-refractivity contribution in [3.05, 3.63) is 64.2 Å². The van der Waals surface area contributed by atoms with Gasteiger partial charge in [-0.25, -0.2) is 9.18 Å². The Morgan fingerprint density at radius 2 is 2.12 bits per heavy atom. The van der Waals surface area contributed by atoms with Crippen molar-refractivity contribution in [3.8, 4) is 11.4 Å². The summed E-state index contributed by atoms with van der Waals surface area (Å²) in [5.41, 5.74) is 6.42. The van der Waals surface area contributed by atoms with Crippen LogP contribution in [0.25, 0.3) is 11.4 Å². The lowest BCUT2D eigenvalue weighted by atomic mass is 10.2. The van der Waals surface area contributed by atoms with Crippen LogP contribution in [0.2, 0.25) is 0 Å². The van der Waals surface area contributed by atoms with Crippen LogP contribution in [0.3, 0.4) is 0 Å². The topological polar surface area (TPSA) is 91.2 Å². The van der Waals surface area contributed by atoms with Crippen LogP contribution in [0, 0.1) is 5.82 Å². The highest BCUT2D eigenvalue weighted by Crippen LogP contribution is 2.21. The Balaban J connectivity index is 1.68. The van der Waals surface area contributed by atoms with E-state index < -0.39 is 11.8 Å². The van der Waals surface area contributed by atoms with Crippen molar-refractivity contribution in [2.24, 2.45) is 0 Å². The van der Waals surface area contributed by atoms with Crippen LogP contribution in [0.5, 0.6) is 0 Å². The zero-order chi connectivity index (χ0) is 17.1. The van der Waals surface area contributed by atoms with Crippen molar-refractivity contribution < 1.29 is 18.4 Å². The number of ether oxygens (including phenoxy) is 1. The van der Waals surface area contributed by atoms with Crippen LogP contribution in [-0.4, -0.2) is 16.1 Å². The Labute approximate surface area is 144 Å². The van der Waals surface area contributed by atoms with Crippen molar-refractivity contribution in [2.45, 2.75) is 6.61 Å². The lowest BCUT2D eigenvalue weighted by Crippen LogP contribution is -2.08. The molecule has 0 amide bonds. The molecular formula is C16H11BrFN3O3. The van der Waals surface area contributed by atoms with Gasteiger partial charge in [0.1, 0.15) is 5.82 Å². The molecule has 0 radical (unpaired) electrons. The van der Waals surface area contributed by atoms with E-state index in [1.165, 1.54) is 6.07 Å². The lowest BCUT2D eigenvalue weighted by molar-refractivity contribution is 0.0431. The SMILES string of the molecule is Nc1cc(F)ccc1C(=O)OCc1nc(-c2cccc(Br)c2)no1. The fourth-order valence-corrected chi connectivity index (χ4v) is 2.38. The Hall–Kier alpha value is -2.74. The van der Waals surface area contributed by atoms with Crippen molar-refractivity contribution >= 4 is 27.6 Å². The van der Waals surface area contributed by atoms with Crippen molar-refractivity contribution in [1.82, 2.24) is 10.1 Å². The molecule has 0 atom stereocenters. The fourth-order valence-electron chi connectivity index (χ4n) is 1.98. The van der Waals surface area contributed by atoms with Gasteiger partial charge >= 0.3 is 5.97 Å². The van der Waals surface area contributed by atoms with Crippen LogP contribution in [0.4, 0.5) is 10.1 Å². The third kappa shape index (κ3) is 3.60. The number of hydrogen-bond acceptors (Lipinski definition) is 6. The van der Waals surface area contributed by atoms with E-state index in [-0.39, 0.29) is 23.7 Å². The molecule has 122 valence electrons. The third-order valence-electron chi connectivity index (χ3n) is 3.11. The Morgan fingerprint density at radius 1 is 1.29 bits per heavy atom. The molecule has 0 saturated heterocycles. The second-order valence-electron chi connectivity index (χ2n) is 4.83. The summed E-state index contributed by atoms with van der Waals surface area (Å²) >= 11 is 3.36. The smallest absolute Gasteiger partial charge is 0.340 e. The number of halogens is 2. The molecule has 3 aromatic rings. The van der Waals surface area contributed by atoms with Crippen LogP contribution in [0.1, 0.15) is 16.2 Å². The van der Waals surface area contributed by atoms with E-state index in [0.29, 0.717) is 5.82 Å². The monoisotopic (exact) mass is 391 g/mol. The van der Waals surface area contributed by atoms with Gasteiger partial charge in [-0.2, -0.15) is 4.98 Å². The van der Waals surface area contributed by atoms with Gasteiger partial charge in [-0.3, -0.25) is 0 Å². The fraction of sp³-hybridized carbons (Fsp3) is 0.0625. The van der Waals surface area contributed by atoms with Gasteiger partial charge in [0.25, 0.3) is 5.89 Å². The van der Waals surface area contributed by atoms with E-state index in [2.05, 4.69) is 26.1 Å². The quantitative estimate of drug-likeness (QED) is 0.539. The maximum atomic E-state index is 13.0. The van der Waals surface area contributed by atoms with E-state index in [0.717, 1.165) is 22.2 Å². The summed E-state index contributed by atoms with van der Waals surface area (Å²) in [6, 6.07) is 10.8. The van der Waals surface area contributed by atoms with E-state index in [1.54, 1.807) is 0 Å². The first kappa shape index (κ1) is 16.1. The molecule has 2 aromatic carbocycles. The molecule has 0 aliphatic rings. The molecule has 0 aliphatic carbocycles. The number of carbonyl (C=O) groups excluding carboxylic acids is 1. The molecule has 1 aromatic heterocycles. The second-order valence-corrected chi connectivity index (χ2v) is 5.75. The molecule has 0 saturated carbocycles. The molecular weight excluding hydrogens is 381 g/mol. The highest BCUT2D eigenvalue weighted by Gasteiger charge is 2.15. The van der Waals surface area contributed by atoms with Gasteiger partial charge in [-0.05, 0) is 30.3 Å². The number of benzene rings is 2. The van der Waals surface area contributed by atoms with Crippen molar-refractivity contribution in [2.75, 3.05) is 5.73 Å². The average molecular weight is 392 g/mol. The second kappa shape index (κ2) is 6.79. The summed E-state index contributed by atoms with van der Waals surface area (Å²) in [5, 5.41) is 3.83. The number of rotatable bonds is 4. The first-order valence-corrected chi connectivity index (χ1v) is 7.63. The van der Waals surface area contributed by atoms with Gasteiger partial charge in [-0.1, -0.05) is 33.2 Å². The minimum absolute atomic E-state index is 0.000328.